The molecule has 0 fully saturated rings. The molecule has 0 saturated heterocycles. The summed E-state index contributed by atoms with van der Waals surface area (Å²) in [7, 11) is 0. The second-order valence-corrected chi connectivity index (χ2v) is 6.90. The minimum atomic E-state index is -0.763. The van der Waals surface area contributed by atoms with Crippen molar-refractivity contribution in [1.82, 2.24) is 5.32 Å². The minimum Gasteiger partial charge on any atom is -0.426 e. The first-order chi connectivity index (χ1) is 14.0. The number of benzene rings is 2. The number of ether oxygens (including phenoxy) is 1. The van der Waals surface area contributed by atoms with Gasteiger partial charge in [-0.1, -0.05) is 30.3 Å². The Morgan fingerprint density at radius 1 is 1.14 bits per heavy atom. The molecule has 0 bridgehead atoms. The van der Waals surface area contributed by atoms with Crippen LogP contribution in [0.25, 0.3) is 11.0 Å². The summed E-state index contributed by atoms with van der Waals surface area (Å²) in [6, 6.07) is 15.3. The Bertz CT molecular complexity index is 1080. The molecule has 1 unspecified atom stereocenters. The standard InChI is InChI=1S/C22H20ClNO5/c1-14(15-6-3-2-4-7-15)24-21(26)18-12-16-9-10-17(13-19(16)29-22(18)27)28-20(25)8-5-11-23/h2-4,6-7,9-10,12-14H,5,8,11H2,1H3,(H,24,26). The summed E-state index contributed by atoms with van der Waals surface area (Å²) >= 11 is 5.56. The fraction of sp³-hybridized carbons (Fsp3) is 0.227. The summed E-state index contributed by atoms with van der Waals surface area (Å²) in [5, 5.41) is 3.34. The smallest absolute Gasteiger partial charge is 0.349 e. The van der Waals surface area contributed by atoms with Gasteiger partial charge in [0.25, 0.3) is 5.91 Å². The SMILES string of the molecule is CC(NC(=O)c1cc2ccc(OC(=O)CCCCl)cc2oc1=O)c1ccccc1. The predicted octanol–water partition coefficient (Wildman–Crippen LogP) is 4.21. The second kappa shape index (κ2) is 9.39. The first-order valence-electron chi connectivity index (χ1n) is 9.18. The largest absolute Gasteiger partial charge is 0.426 e. The van der Waals surface area contributed by atoms with Crippen LogP contribution in [0.3, 0.4) is 0 Å². The summed E-state index contributed by atoms with van der Waals surface area (Å²) in [4.78, 5) is 36.6. The van der Waals surface area contributed by atoms with Crippen molar-refractivity contribution in [2.75, 3.05) is 5.88 Å². The van der Waals surface area contributed by atoms with Gasteiger partial charge in [0.1, 0.15) is 16.9 Å². The molecule has 0 saturated carbocycles. The molecular weight excluding hydrogens is 394 g/mol. The van der Waals surface area contributed by atoms with Crippen LogP contribution in [0, 0.1) is 0 Å². The summed E-state index contributed by atoms with van der Waals surface area (Å²) in [5.41, 5.74) is 0.296. The number of hydrogen-bond donors (Lipinski definition) is 1. The molecular formula is C22H20ClNO5. The molecule has 0 radical (unpaired) electrons. The van der Waals surface area contributed by atoms with Gasteiger partial charge >= 0.3 is 11.6 Å². The first kappa shape index (κ1) is 20.6. The van der Waals surface area contributed by atoms with Gasteiger partial charge in [-0.2, -0.15) is 0 Å². The first-order valence-corrected chi connectivity index (χ1v) is 9.71. The van der Waals surface area contributed by atoms with Crippen molar-refractivity contribution >= 4 is 34.4 Å². The average molecular weight is 414 g/mol. The molecule has 0 aliphatic rings. The molecule has 1 aromatic heterocycles. The molecule has 1 atom stereocenters. The van der Waals surface area contributed by atoms with Crippen molar-refractivity contribution in [3.05, 3.63) is 76.1 Å². The lowest BCUT2D eigenvalue weighted by Gasteiger charge is -2.14. The van der Waals surface area contributed by atoms with E-state index in [1.165, 1.54) is 12.1 Å². The second-order valence-electron chi connectivity index (χ2n) is 6.52. The highest BCUT2D eigenvalue weighted by Gasteiger charge is 2.17. The van der Waals surface area contributed by atoms with Crippen LogP contribution in [0.1, 0.15) is 41.7 Å². The zero-order valence-corrected chi connectivity index (χ0v) is 16.6. The quantitative estimate of drug-likeness (QED) is 0.271. The van der Waals surface area contributed by atoms with Gasteiger partial charge in [0.05, 0.1) is 6.04 Å². The number of carbonyl (C=O) groups is 2. The molecule has 2 aromatic carbocycles. The van der Waals surface area contributed by atoms with Gasteiger partial charge in [0.2, 0.25) is 0 Å². The molecule has 3 aromatic rings. The minimum absolute atomic E-state index is 0.0906. The normalized spacial score (nSPS) is 11.8. The average Bonchev–Trinajstić information content (AvgIpc) is 2.72. The maximum absolute atomic E-state index is 12.6. The van der Waals surface area contributed by atoms with Crippen LogP contribution in [-0.2, 0) is 4.79 Å². The van der Waals surface area contributed by atoms with Crippen LogP contribution in [0.5, 0.6) is 5.75 Å². The van der Waals surface area contributed by atoms with Gasteiger partial charge < -0.3 is 14.5 Å². The zero-order valence-electron chi connectivity index (χ0n) is 15.8. The van der Waals surface area contributed by atoms with Crippen molar-refractivity contribution in [2.45, 2.75) is 25.8 Å². The van der Waals surface area contributed by atoms with E-state index in [9.17, 15) is 14.4 Å². The summed E-state index contributed by atoms with van der Waals surface area (Å²) < 4.78 is 10.5. The highest BCUT2D eigenvalue weighted by molar-refractivity contribution is 6.17. The van der Waals surface area contributed by atoms with Crippen LogP contribution in [0.15, 0.2) is 63.8 Å². The van der Waals surface area contributed by atoms with Crippen LogP contribution < -0.4 is 15.7 Å². The number of nitrogens with one attached hydrogen (secondary N) is 1. The molecule has 0 aliphatic carbocycles. The van der Waals surface area contributed by atoms with Gasteiger partial charge in [-0.3, -0.25) is 9.59 Å². The third kappa shape index (κ3) is 5.23. The molecule has 3 rings (SSSR count). The summed E-state index contributed by atoms with van der Waals surface area (Å²) in [5.74, 6) is -0.308. The molecule has 1 N–H and O–H groups in total. The number of fused-ring (bicyclic) bond motifs is 1. The fourth-order valence-corrected chi connectivity index (χ4v) is 2.94. The number of alkyl halides is 1. The van der Waals surface area contributed by atoms with Crippen molar-refractivity contribution in [3.63, 3.8) is 0 Å². The molecule has 1 heterocycles. The molecule has 0 aliphatic heterocycles. The van der Waals surface area contributed by atoms with Crippen LogP contribution in [0.4, 0.5) is 0 Å². The maximum atomic E-state index is 12.6. The van der Waals surface area contributed by atoms with Crippen LogP contribution >= 0.6 is 11.6 Å². The monoisotopic (exact) mass is 413 g/mol. The van der Waals surface area contributed by atoms with E-state index in [2.05, 4.69) is 5.32 Å². The molecule has 1 amide bonds. The third-order valence-electron chi connectivity index (χ3n) is 4.35. The number of rotatable bonds is 7. The Labute approximate surface area is 172 Å². The van der Waals surface area contributed by atoms with E-state index in [0.29, 0.717) is 17.7 Å². The summed E-state index contributed by atoms with van der Waals surface area (Å²) in [6.07, 6.45) is 0.715. The topological polar surface area (TPSA) is 85.6 Å². The van der Waals surface area contributed by atoms with E-state index in [-0.39, 0.29) is 29.4 Å². The Balaban J connectivity index is 1.78. The van der Waals surface area contributed by atoms with Gasteiger partial charge in [-0.25, -0.2) is 4.79 Å². The van der Waals surface area contributed by atoms with Crippen molar-refractivity contribution in [1.29, 1.82) is 0 Å². The van der Waals surface area contributed by atoms with Gasteiger partial charge in [0, 0.05) is 23.8 Å². The maximum Gasteiger partial charge on any atom is 0.349 e. The van der Waals surface area contributed by atoms with Crippen molar-refractivity contribution in [3.8, 4) is 5.75 Å². The van der Waals surface area contributed by atoms with Crippen molar-refractivity contribution < 1.29 is 18.7 Å². The number of hydrogen-bond acceptors (Lipinski definition) is 5. The van der Waals surface area contributed by atoms with Gasteiger partial charge in [-0.15, -0.1) is 11.6 Å². The van der Waals surface area contributed by atoms with E-state index >= 15 is 0 Å². The Kier molecular flexibility index (Phi) is 6.67. The van der Waals surface area contributed by atoms with E-state index in [0.717, 1.165) is 5.56 Å². The summed E-state index contributed by atoms with van der Waals surface area (Å²) in [6.45, 7) is 1.83. The molecule has 7 heteroatoms. The number of halogens is 1. The van der Waals surface area contributed by atoms with Gasteiger partial charge in [-0.05, 0) is 37.1 Å². The molecule has 29 heavy (non-hydrogen) atoms. The van der Waals surface area contributed by atoms with Crippen LogP contribution in [0.2, 0.25) is 0 Å². The van der Waals surface area contributed by atoms with E-state index < -0.39 is 17.5 Å². The highest BCUT2D eigenvalue weighted by Crippen LogP contribution is 2.21. The number of carbonyl (C=O) groups excluding carboxylic acids is 2. The van der Waals surface area contributed by atoms with Gasteiger partial charge in [0.15, 0.2) is 0 Å². The number of amides is 1. The van der Waals surface area contributed by atoms with E-state index in [1.807, 2.05) is 37.3 Å². The van der Waals surface area contributed by atoms with Crippen LogP contribution in [-0.4, -0.2) is 17.8 Å². The zero-order chi connectivity index (χ0) is 20.8. The Morgan fingerprint density at radius 3 is 2.62 bits per heavy atom. The van der Waals surface area contributed by atoms with E-state index in [1.54, 1.807) is 12.1 Å². The fourth-order valence-electron chi connectivity index (χ4n) is 2.81. The molecule has 150 valence electrons. The molecule has 6 nitrogen and oxygen atoms in total. The predicted molar refractivity (Wildman–Crippen MR) is 110 cm³/mol. The van der Waals surface area contributed by atoms with Crippen molar-refractivity contribution in [2.24, 2.45) is 0 Å². The van der Waals surface area contributed by atoms with E-state index in [4.69, 9.17) is 20.8 Å². The molecule has 0 spiro atoms. The lowest BCUT2D eigenvalue weighted by molar-refractivity contribution is -0.134. The lowest BCUT2D eigenvalue weighted by atomic mass is 10.1. The highest BCUT2D eigenvalue weighted by atomic mass is 35.5. The Morgan fingerprint density at radius 2 is 1.90 bits per heavy atom. The number of esters is 1. The third-order valence-corrected chi connectivity index (χ3v) is 4.61. The lowest BCUT2D eigenvalue weighted by Crippen LogP contribution is -2.30. The Hall–Kier alpha value is -3.12.